The molecule has 0 radical (unpaired) electrons. The van der Waals surface area contributed by atoms with Crippen molar-refractivity contribution in [2.75, 3.05) is 7.11 Å². The number of rotatable bonds is 8. The van der Waals surface area contributed by atoms with Crippen molar-refractivity contribution < 1.29 is 13.9 Å². The van der Waals surface area contributed by atoms with Crippen molar-refractivity contribution >= 4 is 0 Å². The number of benzene rings is 2. The van der Waals surface area contributed by atoms with Crippen LogP contribution < -0.4 is 14.8 Å². The van der Waals surface area contributed by atoms with Gasteiger partial charge in [0, 0.05) is 31.0 Å². The van der Waals surface area contributed by atoms with Crippen LogP contribution in [0.2, 0.25) is 0 Å². The molecule has 0 aliphatic carbocycles. The van der Waals surface area contributed by atoms with Gasteiger partial charge in [-0.1, -0.05) is 24.3 Å². The summed E-state index contributed by atoms with van der Waals surface area (Å²) in [5.74, 6) is 1.11. The van der Waals surface area contributed by atoms with Crippen molar-refractivity contribution in [1.82, 2.24) is 10.3 Å². The Morgan fingerprint density at radius 1 is 0.923 bits per heavy atom. The first-order valence-electron chi connectivity index (χ1n) is 8.39. The van der Waals surface area contributed by atoms with E-state index in [1.165, 1.54) is 12.1 Å². The van der Waals surface area contributed by atoms with Crippen LogP contribution in [0.5, 0.6) is 11.5 Å². The molecule has 3 rings (SSSR count). The number of ether oxygens (including phenoxy) is 2. The number of hydrogen-bond acceptors (Lipinski definition) is 4. The van der Waals surface area contributed by atoms with Gasteiger partial charge in [-0.3, -0.25) is 4.98 Å². The number of halogens is 1. The summed E-state index contributed by atoms with van der Waals surface area (Å²) in [5.41, 5.74) is 3.06. The third-order valence-electron chi connectivity index (χ3n) is 3.97. The molecule has 5 heteroatoms. The molecule has 0 saturated carbocycles. The van der Waals surface area contributed by atoms with E-state index >= 15 is 0 Å². The van der Waals surface area contributed by atoms with Crippen molar-refractivity contribution in [2.24, 2.45) is 0 Å². The zero-order valence-corrected chi connectivity index (χ0v) is 14.6. The van der Waals surface area contributed by atoms with E-state index in [9.17, 15) is 4.39 Å². The minimum Gasteiger partial charge on any atom is -0.493 e. The van der Waals surface area contributed by atoms with Gasteiger partial charge in [-0.2, -0.15) is 0 Å². The van der Waals surface area contributed by atoms with E-state index in [1.807, 2.05) is 30.3 Å². The van der Waals surface area contributed by atoms with Crippen molar-refractivity contribution in [3.8, 4) is 11.5 Å². The Bertz CT molecular complexity index is 823. The number of hydrogen-bond donors (Lipinski definition) is 1. The summed E-state index contributed by atoms with van der Waals surface area (Å²) >= 11 is 0. The highest BCUT2D eigenvalue weighted by Crippen LogP contribution is 2.31. The average molecular weight is 352 g/mol. The number of aromatic nitrogens is 1. The molecule has 0 amide bonds. The maximum absolute atomic E-state index is 13.0. The monoisotopic (exact) mass is 352 g/mol. The normalized spacial score (nSPS) is 10.5. The Labute approximate surface area is 152 Å². The quantitative estimate of drug-likeness (QED) is 0.663. The summed E-state index contributed by atoms with van der Waals surface area (Å²) in [5, 5.41) is 3.40. The van der Waals surface area contributed by atoms with Crippen LogP contribution in [-0.4, -0.2) is 12.1 Å². The van der Waals surface area contributed by atoms with Gasteiger partial charge >= 0.3 is 0 Å². The molecule has 1 N–H and O–H groups in total. The Hall–Kier alpha value is -2.92. The first-order valence-corrected chi connectivity index (χ1v) is 8.39. The Kier molecular flexibility index (Phi) is 6.17. The molecule has 1 heterocycles. The molecule has 2 aromatic carbocycles. The predicted octanol–water partition coefficient (Wildman–Crippen LogP) is 4.10. The van der Waals surface area contributed by atoms with Gasteiger partial charge in [-0.15, -0.1) is 0 Å². The fourth-order valence-corrected chi connectivity index (χ4v) is 2.60. The Morgan fingerprint density at radius 3 is 2.42 bits per heavy atom. The minimum absolute atomic E-state index is 0.257. The van der Waals surface area contributed by atoms with Gasteiger partial charge in [0.1, 0.15) is 12.4 Å². The van der Waals surface area contributed by atoms with Gasteiger partial charge in [0.2, 0.25) is 0 Å². The molecule has 26 heavy (non-hydrogen) atoms. The average Bonchev–Trinajstić information content (AvgIpc) is 2.69. The fourth-order valence-electron chi connectivity index (χ4n) is 2.60. The molecular weight excluding hydrogens is 331 g/mol. The lowest BCUT2D eigenvalue weighted by Crippen LogP contribution is -2.14. The standard InChI is InChI=1S/C21H21FN2O2/c1-25-20-4-2-3-18(14-24-13-16-9-11-23-12-10-16)21(20)26-15-17-5-7-19(22)8-6-17/h2-12,24H,13-15H2,1H3. The van der Waals surface area contributed by atoms with E-state index in [2.05, 4.69) is 10.3 Å². The summed E-state index contributed by atoms with van der Waals surface area (Å²) in [7, 11) is 1.62. The van der Waals surface area contributed by atoms with Gasteiger partial charge in [-0.25, -0.2) is 4.39 Å². The van der Waals surface area contributed by atoms with Crippen LogP contribution in [-0.2, 0) is 19.7 Å². The third kappa shape index (κ3) is 4.80. The molecular formula is C21H21FN2O2. The Morgan fingerprint density at radius 2 is 1.69 bits per heavy atom. The van der Waals surface area contributed by atoms with E-state index in [0.29, 0.717) is 24.7 Å². The molecule has 0 fully saturated rings. The lowest BCUT2D eigenvalue weighted by molar-refractivity contribution is 0.280. The number of methoxy groups -OCH3 is 1. The second-order valence-corrected chi connectivity index (χ2v) is 5.82. The third-order valence-corrected chi connectivity index (χ3v) is 3.97. The van der Waals surface area contributed by atoms with E-state index in [1.54, 1.807) is 31.6 Å². The lowest BCUT2D eigenvalue weighted by atomic mass is 10.1. The second kappa shape index (κ2) is 8.97. The summed E-state index contributed by atoms with van der Waals surface area (Å²) < 4.78 is 24.5. The van der Waals surface area contributed by atoms with Gasteiger partial charge in [0.05, 0.1) is 7.11 Å². The zero-order valence-electron chi connectivity index (χ0n) is 14.6. The first kappa shape index (κ1) is 17.9. The number of para-hydroxylation sites is 1. The van der Waals surface area contributed by atoms with Crippen LogP contribution in [0.1, 0.15) is 16.7 Å². The van der Waals surface area contributed by atoms with Gasteiger partial charge in [0.25, 0.3) is 0 Å². The summed E-state index contributed by atoms with van der Waals surface area (Å²) in [6, 6.07) is 16.0. The lowest BCUT2D eigenvalue weighted by Gasteiger charge is -2.16. The number of nitrogens with zero attached hydrogens (tertiary/aromatic N) is 1. The van der Waals surface area contributed by atoms with Crippen LogP contribution in [0.25, 0.3) is 0 Å². The molecule has 1 aromatic heterocycles. The number of nitrogens with one attached hydrogen (secondary N) is 1. The molecule has 4 nitrogen and oxygen atoms in total. The highest BCUT2D eigenvalue weighted by molar-refractivity contribution is 5.46. The largest absolute Gasteiger partial charge is 0.493 e. The maximum Gasteiger partial charge on any atom is 0.166 e. The SMILES string of the molecule is COc1cccc(CNCc2ccncc2)c1OCc1ccc(F)cc1. The molecule has 0 saturated heterocycles. The van der Waals surface area contributed by atoms with Crippen molar-refractivity contribution in [3.63, 3.8) is 0 Å². The van der Waals surface area contributed by atoms with Crippen LogP contribution >= 0.6 is 0 Å². The van der Waals surface area contributed by atoms with Gasteiger partial charge in [0.15, 0.2) is 11.5 Å². The molecule has 0 aliphatic rings. The minimum atomic E-state index is -0.257. The fraction of sp³-hybridized carbons (Fsp3) is 0.190. The molecule has 0 unspecified atom stereocenters. The van der Waals surface area contributed by atoms with E-state index in [-0.39, 0.29) is 5.82 Å². The molecule has 0 aliphatic heterocycles. The molecule has 0 spiro atoms. The smallest absolute Gasteiger partial charge is 0.166 e. The van der Waals surface area contributed by atoms with Crippen LogP contribution in [0.4, 0.5) is 4.39 Å². The maximum atomic E-state index is 13.0. The summed E-state index contributed by atoms with van der Waals surface area (Å²) in [6.45, 7) is 1.72. The van der Waals surface area contributed by atoms with Crippen LogP contribution in [0.3, 0.4) is 0 Å². The molecule has 134 valence electrons. The van der Waals surface area contributed by atoms with E-state index in [4.69, 9.17) is 9.47 Å². The van der Waals surface area contributed by atoms with E-state index in [0.717, 1.165) is 23.2 Å². The Balaban J connectivity index is 1.67. The molecule has 0 atom stereocenters. The molecule has 0 bridgehead atoms. The topological polar surface area (TPSA) is 43.4 Å². The van der Waals surface area contributed by atoms with Crippen molar-refractivity contribution in [1.29, 1.82) is 0 Å². The van der Waals surface area contributed by atoms with Crippen LogP contribution in [0.15, 0.2) is 67.0 Å². The summed E-state index contributed by atoms with van der Waals surface area (Å²) in [4.78, 5) is 4.02. The predicted molar refractivity (Wildman–Crippen MR) is 98.5 cm³/mol. The number of pyridine rings is 1. The van der Waals surface area contributed by atoms with Gasteiger partial charge in [-0.05, 0) is 41.5 Å². The van der Waals surface area contributed by atoms with E-state index < -0.39 is 0 Å². The first-order chi connectivity index (χ1) is 12.8. The highest BCUT2D eigenvalue weighted by Gasteiger charge is 2.11. The zero-order chi connectivity index (χ0) is 18.2. The summed E-state index contributed by atoms with van der Waals surface area (Å²) in [6.07, 6.45) is 3.56. The van der Waals surface area contributed by atoms with Gasteiger partial charge < -0.3 is 14.8 Å². The van der Waals surface area contributed by atoms with Crippen LogP contribution in [0, 0.1) is 5.82 Å². The second-order valence-electron chi connectivity index (χ2n) is 5.82. The van der Waals surface area contributed by atoms with Crippen molar-refractivity contribution in [2.45, 2.75) is 19.7 Å². The van der Waals surface area contributed by atoms with Crippen molar-refractivity contribution in [3.05, 3.63) is 89.5 Å². The highest BCUT2D eigenvalue weighted by atomic mass is 19.1. The molecule has 3 aromatic rings.